The van der Waals surface area contributed by atoms with Crippen molar-refractivity contribution >= 4 is 17.3 Å². The molecule has 0 heterocycles. The Kier molecular flexibility index (Phi) is 15.2. The normalized spacial score (nSPS) is 12.6. The van der Waals surface area contributed by atoms with Gasteiger partial charge in [0.25, 0.3) is 5.97 Å². The Morgan fingerprint density at radius 1 is 0.639 bits per heavy atom. The van der Waals surface area contributed by atoms with E-state index in [-0.39, 0.29) is 31.6 Å². The van der Waals surface area contributed by atoms with E-state index in [1.807, 2.05) is 0 Å². The zero-order chi connectivity index (χ0) is 26.9. The van der Waals surface area contributed by atoms with Gasteiger partial charge in [-0.05, 0) is 23.7 Å². The van der Waals surface area contributed by atoms with Gasteiger partial charge < -0.3 is 15.7 Å². The van der Waals surface area contributed by atoms with Crippen molar-refractivity contribution < 1.29 is 29.4 Å². The summed E-state index contributed by atoms with van der Waals surface area (Å²) in [6.45, 7) is 23.7. The number of nitrogens with zero attached hydrogens (tertiary/aromatic N) is 2. The van der Waals surface area contributed by atoms with Gasteiger partial charge in [-0.25, -0.2) is 0 Å². The molecule has 2 aromatic rings. The fraction of sp³-hybridized carbons (Fsp3) is 0.581. The average molecular weight is 546 g/mol. The SMILES string of the molecule is CC(=O)O.CC(CC(C)[N-]c1c(C(C)C)cccc1C(C)C)[N-]c1c(C(C)C)cccc1C(C)C.[Zn+2]. The molecule has 0 bridgehead atoms. The Morgan fingerprint density at radius 3 is 1.06 bits per heavy atom. The van der Waals surface area contributed by atoms with Crippen molar-refractivity contribution in [1.82, 2.24) is 0 Å². The van der Waals surface area contributed by atoms with Crippen LogP contribution in [0.15, 0.2) is 36.4 Å². The van der Waals surface area contributed by atoms with E-state index in [4.69, 9.17) is 20.5 Å². The molecule has 1 N–H and O–H groups in total. The van der Waals surface area contributed by atoms with Gasteiger partial charge in [-0.15, -0.1) is 23.5 Å². The molecule has 0 aliphatic rings. The quantitative estimate of drug-likeness (QED) is 0.302. The fourth-order valence-corrected chi connectivity index (χ4v) is 4.36. The van der Waals surface area contributed by atoms with Gasteiger partial charge in [0.05, 0.1) is 0 Å². The Morgan fingerprint density at radius 2 is 0.861 bits per heavy atom. The van der Waals surface area contributed by atoms with Gasteiger partial charge in [0.2, 0.25) is 0 Å². The van der Waals surface area contributed by atoms with E-state index < -0.39 is 5.97 Å². The number of rotatable bonds is 10. The predicted molar refractivity (Wildman–Crippen MR) is 152 cm³/mol. The van der Waals surface area contributed by atoms with E-state index >= 15 is 0 Å². The van der Waals surface area contributed by atoms with Crippen LogP contribution in [0.1, 0.15) is 129 Å². The van der Waals surface area contributed by atoms with Crippen LogP contribution in [0.5, 0.6) is 0 Å². The van der Waals surface area contributed by atoms with Crippen molar-refractivity contribution in [3.05, 3.63) is 69.3 Å². The smallest absolute Gasteiger partial charge is 0.681 e. The van der Waals surface area contributed by atoms with Crippen LogP contribution in [0.2, 0.25) is 0 Å². The number of benzene rings is 2. The zero-order valence-electron chi connectivity index (χ0n) is 24.6. The van der Waals surface area contributed by atoms with Crippen molar-refractivity contribution in [1.29, 1.82) is 0 Å². The van der Waals surface area contributed by atoms with Gasteiger partial charge in [0.15, 0.2) is 0 Å². The topological polar surface area (TPSA) is 65.5 Å². The number of carboxylic acid groups (broad SMARTS) is 1. The fourth-order valence-electron chi connectivity index (χ4n) is 4.36. The van der Waals surface area contributed by atoms with E-state index in [1.54, 1.807) is 0 Å². The van der Waals surface area contributed by atoms with Gasteiger partial charge in [0.1, 0.15) is 0 Å². The summed E-state index contributed by atoms with van der Waals surface area (Å²) >= 11 is 0. The first-order valence-corrected chi connectivity index (χ1v) is 13.1. The van der Waals surface area contributed by atoms with E-state index in [9.17, 15) is 0 Å². The van der Waals surface area contributed by atoms with Gasteiger partial charge in [-0.2, -0.15) is 0 Å². The Bertz CT molecular complexity index is 812. The molecule has 2 rings (SSSR count). The third-order valence-electron chi connectivity index (χ3n) is 6.07. The molecular formula is C31H48N2O2Zn. The number of carboxylic acids is 1. The summed E-state index contributed by atoms with van der Waals surface area (Å²) in [5.74, 6) is 1.05. The molecule has 0 saturated heterocycles. The molecule has 0 aliphatic heterocycles. The maximum Gasteiger partial charge on any atom is 2.00 e. The van der Waals surface area contributed by atoms with E-state index in [1.165, 1.54) is 33.6 Å². The van der Waals surface area contributed by atoms with Gasteiger partial charge in [0, 0.05) is 6.92 Å². The minimum Gasteiger partial charge on any atom is -0.681 e. The first kappa shape index (κ1) is 34.1. The molecule has 2 atom stereocenters. The summed E-state index contributed by atoms with van der Waals surface area (Å²) in [4.78, 5) is 9.00. The molecule has 0 saturated carbocycles. The molecular weight excluding hydrogens is 498 g/mol. The molecule has 2 aromatic carbocycles. The van der Waals surface area contributed by atoms with Gasteiger partial charge >= 0.3 is 19.5 Å². The standard InChI is InChI=1S/C29H44N2.C2H4O2.Zn/c1-18(2)24-13-11-14-25(19(3)4)28(24)30-22(9)17-23(10)31-29-26(20(5)6)15-12-16-27(29)21(7)8;1-2(3)4;/h11-16,18-23H,17H2,1-10H3;1H3,(H,3,4);/q-2;;+2. The first-order valence-electron chi connectivity index (χ1n) is 13.1. The van der Waals surface area contributed by atoms with Crippen LogP contribution < -0.4 is 0 Å². The second-order valence-corrected chi connectivity index (χ2v) is 10.9. The van der Waals surface area contributed by atoms with E-state index in [2.05, 4.69) is 106 Å². The molecule has 0 radical (unpaired) electrons. The van der Waals surface area contributed by atoms with Crippen LogP contribution in [0.4, 0.5) is 11.4 Å². The molecule has 4 nitrogen and oxygen atoms in total. The molecule has 0 aromatic heterocycles. The molecule has 196 valence electrons. The Hall–Kier alpha value is -1.87. The number of para-hydroxylation sites is 2. The molecule has 0 fully saturated rings. The van der Waals surface area contributed by atoms with Crippen LogP contribution in [-0.4, -0.2) is 23.2 Å². The maximum absolute atomic E-state index is 9.00. The first-order chi connectivity index (χ1) is 16.3. The summed E-state index contributed by atoms with van der Waals surface area (Å²) in [7, 11) is 0. The number of hydrogen-bond donors (Lipinski definition) is 1. The molecule has 5 heteroatoms. The monoisotopic (exact) mass is 544 g/mol. The van der Waals surface area contributed by atoms with Crippen molar-refractivity contribution in [2.75, 3.05) is 0 Å². The Balaban J connectivity index is 0.00000227. The summed E-state index contributed by atoms with van der Waals surface area (Å²) < 4.78 is 0. The second-order valence-electron chi connectivity index (χ2n) is 10.9. The van der Waals surface area contributed by atoms with Gasteiger partial charge in [-0.1, -0.05) is 134 Å². The van der Waals surface area contributed by atoms with Crippen molar-refractivity contribution in [2.45, 2.75) is 118 Å². The predicted octanol–water partition coefficient (Wildman–Crippen LogP) is 10.1. The zero-order valence-corrected chi connectivity index (χ0v) is 27.6. The summed E-state index contributed by atoms with van der Waals surface area (Å²) in [6.07, 6.45) is 0.952. The van der Waals surface area contributed by atoms with Crippen LogP contribution in [-0.2, 0) is 24.3 Å². The van der Waals surface area contributed by atoms with E-state index in [0.717, 1.165) is 13.3 Å². The largest absolute Gasteiger partial charge is 2.00 e. The number of aliphatic carboxylic acids is 1. The summed E-state index contributed by atoms with van der Waals surface area (Å²) in [5.41, 5.74) is 7.84. The van der Waals surface area contributed by atoms with Crippen molar-refractivity contribution in [2.24, 2.45) is 0 Å². The molecule has 0 spiro atoms. The van der Waals surface area contributed by atoms with Crippen LogP contribution in [0.25, 0.3) is 10.6 Å². The molecule has 36 heavy (non-hydrogen) atoms. The number of hydrogen-bond acceptors (Lipinski definition) is 1. The summed E-state index contributed by atoms with van der Waals surface area (Å²) in [6, 6.07) is 13.8. The average Bonchev–Trinajstić information content (AvgIpc) is 2.72. The van der Waals surface area contributed by atoms with Crippen LogP contribution in [0, 0.1) is 0 Å². The summed E-state index contributed by atoms with van der Waals surface area (Å²) in [5, 5.41) is 17.9. The van der Waals surface area contributed by atoms with Crippen molar-refractivity contribution in [3.63, 3.8) is 0 Å². The number of carbonyl (C=O) groups is 1. The van der Waals surface area contributed by atoms with Crippen molar-refractivity contribution in [3.8, 4) is 0 Å². The third-order valence-corrected chi connectivity index (χ3v) is 6.07. The Labute approximate surface area is 233 Å². The molecule has 2 unspecified atom stereocenters. The maximum atomic E-state index is 9.00. The molecule has 0 amide bonds. The van der Waals surface area contributed by atoms with Gasteiger partial charge in [-0.3, -0.25) is 4.79 Å². The van der Waals surface area contributed by atoms with Crippen LogP contribution >= 0.6 is 0 Å². The van der Waals surface area contributed by atoms with E-state index in [0.29, 0.717) is 23.7 Å². The van der Waals surface area contributed by atoms with Crippen LogP contribution in [0.3, 0.4) is 0 Å². The minimum absolute atomic E-state index is 0. The molecule has 0 aliphatic carbocycles. The second kappa shape index (κ2) is 16.1. The third kappa shape index (κ3) is 10.6. The minimum atomic E-state index is -0.833.